The van der Waals surface area contributed by atoms with Crippen molar-refractivity contribution >= 4 is 23.6 Å². The smallest absolute Gasteiger partial charge is 0.326 e. The first kappa shape index (κ1) is 20.7. The van der Waals surface area contributed by atoms with Crippen LogP contribution >= 0.6 is 11.6 Å². The molecule has 3 aliphatic heterocycles. The average Bonchev–Trinajstić information content (AvgIpc) is 3.32. The molecule has 3 fully saturated rings. The van der Waals surface area contributed by atoms with Crippen molar-refractivity contribution in [2.24, 2.45) is 5.92 Å². The van der Waals surface area contributed by atoms with Crippen LogP contribution in [0.4, 0.5) is 0 Å². The summed E-state index contributed by atoms with van der Waals surface area (Å²) in [6.07, 6.45) is 5.08. The van der Waals surface area contributed by atoms with Gasteiger partial charge in [0.15, 0.2) is 0 Å². The zero-order valence-corrected chi connectivity index (χ0v) is 18.7. The standard InChI is InChI=1S/C26H29ClN2O2/c1-31-25(30)26-12-7-13-29(26)24-21(14-20-10-5-6-11-23(20)27)17-28(18-22(24)15-26)16-19-8-3-2-4-9-19/h2-6,8-11,14,22,24H,7,12-13,15-18H2,1H3/b21-14+/t22-,24+,26-/m1/s1. The van der Waals surface area contributed by atoms with Crippen molar-refractivity contribution in [1.29, 1.82) is 0 Å². The van der Waals surface area contributed by atoms with Crippen molar-refractivity contribution in [3.8, 4) is 0 Å². The number of rotatable bonds is 4. The van der Waals surface area contributed by atoms with E-state index >= 15 is 0 Å². The highest BCUT2D eigenvalue weighted by molar-refractivity contribution is 6.32. The van der Waals surface area contributed by atoms with Crippen molar-refractivity contribution in [3.63, 3.8) is 0 Å². The molecule has 2 aromatic rings. The van der Waals surface area contributed by atoms with Crippen LogP contribution in [0.3, 0.4) is 0 Å². The molecule has 0 amide bonds. The van der Waals surface area contributed by atoms with Gasteiger partial charge >= 0.3 is 5.97 Å². The van der Waals surface area contributed by atoms with Crippen LogP contribution in [-0.4, -0.2) is 54.1 Å². The van der Waals surface area contributed by atoms with Crippen LogP contribution in [0.1, 0.15) is 30.4 Å². The normalized spacial score (nSPS) is 29.7. The highest BCUT2D eigenvalue weighted by Gasteiger charge is 2.60. The Hall–Kier alpha value is -2.14. The Balaban J connectivity index is 1.52. The van der Waals surface area contributed by atoms with Crippen LogP contribution in [0.25, 0.3) is 6.08 Å². The fraction of sp³-hybridized carbons (Fsp3) is 0.423. The molecule has 0 N–H and O–H groups in total. The number of piperidine rings is 1. The number of carbonyl (C=O) groups excluding carboxylic acids is 1. The lowest BCUT2D eigenvalue weighted by atomic mass is 9.83. The third-order valence-electron chi connectivity index (χ3n) is 7.26. The summed E-state index contributed by atoms with van der Waals surface area (Å²) in [6, 6.07) is 18.9. The number of nitrogens with zero attached hydrogens (tertiary/aromatic N) is 2. The van der Waals surface area contributed by atoms with E-state index in [-0.39, 0.29) is 12.0 Å². The second-order valence-electron chi connectivity index (χ2n) is 9.13. The Labute approximate surface area is 189 Å². The van der Waals surface area contributed by atoms with E-state index in [9.17, 15) is 4.79 Å². The van der Waals surface area contributed by atoms with Gasteiger partial charge in [0.2, 0.25) is 0 Å². The molecule has 3 atom stereocenters. The molecule has 0 spiro atoms. The molecule has 2 aromatic carbocycles. The van der Waals surface area contributed by atoms with Gasteiger partial charge in [-0.3, -0.25) is 14.6 Å². The molecular formula is C26H29ClN2O2. The van der Waals surface area contributed by atoms with Crippen LogP contribution in [-0.2, 0) is 16.1 Å². The Morgan fingerprint density at radius 1 is 1.19 bits per heavy atom. The minimum atomic E-state index is -0.466. The van der Waals surface area contributed by atoms with Gasteiger partial charge in [-0.1, -0.05) is 66.2 Å². The quantitative estimate of drug-likeness (QED) is 0.654. The van der Waals surface area contributed by atoms with E-state index in [1.807, 2.05) is 18.2 Å². The molecular weight excluding hydrogens is 408 g/mol. The maximum atomic E-state index is 12.9. The largest absolute Gasteiger partial charge is 0.468 e. The van der Waals surface area contributed by atoms with Gasteiger partial charge in [0.25, 0.3) is 0 Å². The predicted octanol–water partition coefficient (Wildman–Crippen LogP) is 4.64. The van der Waals surface area contributed by atoms with Crippen LogP contribution < -0.4 is 0 Å². The van der Waals surface area contributed by atoms with Crippen molar-refractivity contribution in [1.82, 2.24) is 9.80 Å². The van der Waals surface area contributed by atoms with E-state index < -0.39 is 5.54 Å². The second-order valence-corrected chi connectivity index (χ2v) is 9.53. The zero-order valence-electron chi connectivity index (χ0n) is 18.0. The van der Waals surface area contributed by atoms with Crippen LogP contribution in [0.2, 0.25) is 5.02 Å². The number of fused-ring (bicyclic) bond motifs is 3. The van der Waals surface area contributed by atoms with Gasteiger partial charge in [-0.2, -0.15) is 0 Å². The van der Waals surface area contributed by atoms with Crippen molar-refractivity contribution in [2.75, 3.05) is 26.7 Å². The maximum absolute atomic E-state index is 12.9. The van der Waals surface area contributed by atoms with Gasteiger partial charge in [-0.15, -0.1) is 0 Å². The Morgan fingerprint density at radius 3 is 2.74 bits per heavy atom. The number of halogens is 1. The van der Waals surface area contributed by atoms with Gasteiger partial charge in [0, 0.05) is 30.7 Å². The predicted molar refractivity (Wildman–Crippen MR) is 124 cm³/mol. The molecule has 3 saturated heterocycles. The number of carbonyl (C=O) groups is 1. The summed E-state index contributed by atoms with van der Waals surface area (Å²) in [5.74, 6) is 0.344. The lowest BCUT2D eigenvalue weighted by Gasteiger charge is -2.40. The number of hydrogen-bond acceptors (Lipinski definition) is 4. The number of benzene rings is 2. The third-order valence-corrected chi connectivity index (χ3v) is 7.60. The molecule has 0 radical (unpaired) electrons. The minimum absolute atomic E-state index is 0.0638. The summed E-state index contributed by atoms with van der Waals surface area (Å²) in [7, 11) is 1.53. The summed E-state index contributed by atoms with van der Waals surface area (Å²) < 4.78 is 5.31. The van der Waals surface area contributed by atoms with Crippen LogP contribution in [0, 0.1) is 5.92 Å². The first-order valence-electron chi connectivity index (χ1n) is 11.2. The average molecular weight is 437 g/mol. The van der Waals surface area contributed by atoms with Gasteiger partial charge in [-0.05, 0) is 54.5 Å². The van der Waals surface area contributed by atoms with E-state index in [0.717, 1.165) is 56.0 Å². The zero-order chi connectivity index (χ0) is 21.4. The van der Waals surface area contributed by atoms with Gasteiger partial charge in [-0.25, -0.2) is 0 Å². The Kier molecular flexibility index (Phi) is 5.63. The summed E-state index contributed by atoms with van der Waals surface area (Å²) in [5, 5.41) is 0.769. The van der Waals surface area contributed by atoms with Crippen molar-refractivity contribution < 1.29 is 9.53 Å². The lowest BCUT2D eigenvalue weighted by molar-refractivity contribution is -0.152. The molecule has 3 aliphatic rings. The number of hydrogen-bond donors (Lipinski definition) is 0. The molecule has 0 aromatic heterocycles. The van der Waals surface area contributed by atoms with Gasteiger partial charge < -0.3 is 4.74 Å². The Bertz CT molecular complexity index is 992. The topological polar surface area (TPSA) is 32.8 Å². The Morgan fingerprint density at radius 2 is 1.97 bits per heavy atom. The van der Waals surface area contributed by atoms with E-state index in [0.29, 0.717) is 5.92 Å². The maximum Gasteiger partial charge on any atom is 0.326 e. The monoisotopic (exact) mass is 436 g/mol. The van der Waals surface area contributed by atoms with E-state index in [1.165, 1.54) is 18.2 Å². The number of esters is 1. The molecule has 3 heterocycles. The fourth-order valence-electron chi connectivity index (χ4n) is 6.12. The molecule has 0 aliphatic carbocycles. The van der Waals surface area contributed by atoms with Gasteiger partial charge in [0.05, 0.1) is 7.11 Å². The highest BCUT2D eigenvalue weighted by Crippen LogP contribution is 2.50. The highest BCUT2D eigenvalue weighted by atomic mass is 35.5. The first-order valence-corrected chi connectivity index (χ1v) is 11.5. The second kappa shape index (κ2) is 8.42. The van der Waals surface area contributed by atoms with Crippen molar-refractivity contribution in [3.05, 3.63) is 76.3 Å². The van der Waals surface area contributed by atoms with E-state index in [4.69, 9.17) is 16.3 Å². The van der Waals surface area contributed by atoms with E-state index in [1.54, 1.807) is 0 Å². The lowest BCUT2D eigenvalue weighted by Crippen LogP contribution is -2.52. The molecule has 0 bridgehead atoms. The molecule has 0 saturated carbocycles. The molecule has 162 valence electrons. The first-order chi connectivity index (χ1) is 15.1. The molecule has 5 heteroatoms. The SMILES string of the molecule is COC(=O)[C@]12CCCN1[C@H]1/C(=C/c3ccccc3Cl)CN(Cc3ccccc3)C[C@H]1C2. The molecule has 0 unspecified atom stereocenters. The molecule has 31 heavy (non-hydrogen) atoms. The number of likely N-dealkylation sites (tertiary alicyclic amines) is 1. The van der Waals surface area contributed by atoms with Crippen molar-refractivity contribution in [2.45, 2.75) is 37.4 Å². The molecule has 4 nitrogen and oxygen atoms in total. The summed E-state index contributed by atoms with van der Waals surface area (Å²) >= 11 is 6.52. The van der Waals surface area contributed by atoms with E-state index in [2.05, 4.69) is 52.3 Å². The number of methoxy groups -OCH3 is 1. The fourth-order valence-corrected chi connectivity index (χ4v) is 6.31. The van der Waals surface area contributed by atoms with Crippen LogP contribution in [0.15, 0.2) is 60.2 Å². The van der Waals surface area contributed by atoms with Gasteiger partial charge in [0.1, 0.15) is 5.54 Å². The number of ether oxygens (including phenoxy) is 1. The summed E-state index contributed by atoms with van der Waals surface area (Å²) in [6.45, 7) is 3.74. The summed E-state index contributed by atoms with van der Waals surface area (Å²) in [4.78, 5) is 17.9. The van der Waals surface area contributed by atoms with Crippen LogP contribution in [0.5, 0.6) is 0 Å². The minimum Gasteiger partial charge on any atom is -0.468 e. The molecule has 5 rings (SSSR count). The summed E-state index contributed by atoms with van der Waals surface area (Å²) in [5.41, 5.74) is 3.26. The third kappa shape index (κ3) is 3.71.